The van der Waals surface area contributed by atoms with Crippen LogP contribution in [0.5, 0.6) is 0 Å². The summed E-state index contributed by atoms with van der Waals surface area (Å²) < 4.78 is 49.0. The Morgan fingerprint density at radius 1 is 1.16 bits per heavy atom. The number of alkyl halides is 3. The zero-order valence-electron chi connectivity index (χ0n) is 12.4. The molecule has 1 N–H and O–H groups in total. The Hall–Kier alpha value is -2.75. The molecule has 1 aromatic carbocycles. The minimum Gasteiger partial charge on any atom is -0.459 e. The van der Waals surface area contributed by atoms with Crippen LogP contribution in [0.2, 0.25) is 0 Å². The molecular formula is C15H10F3N3O3S. The van der Waals surface area contributed by atoms with Crippen molar-refractivity contribution >= 4 is 23.4 Å². The topological polar surface area (TPSA) is 81.2 Å². The van der Waals surface area contributed by atoms with Crippen molar-refractivity contribution in [2.45, 2.75) is 11.4 Å². The van der Waals surface area contributed by atoms with Gasteiger partial charge in [0.15, 0.2) is 5.76 Å². The van der Waals surface area contributed by atoms with Gasteiger partial charge in [-0.1, -0.05) is 23.9 Å². The van der Waals surface area contributed by atoms with Crippen LogP contribution >= 0.6 is 11.8 Å². The number of aromatic nitrogens is 2. The number of nitrogens with zero attached hydrogens (tertiary/aromatic N) is 2. The van der Waals surface area contributed by atoms with Crippen LogP contribution in [0.3, 0.4) is 0 Å². The molecule has 0 saturated heterocycles. The van der Waals surface area contributed by atoms with Gasteiger partial charge in [0, 0.05) is 0 Å². The Balaban J connectivity index is 1.61. The molecule has 0 aliphatic rings. The van der Waals surface area contributed by atoms with Crippen molar-refractivity contribution in [1.82, 2.24) is 10.2 Å². The Bertz CT molecular complexity index is 862. The summed E-state index contributed by atoms with van der Waals surface area (Å²) in [5.41, 5.74) is -1.21. The molecule has 0 saturated carbocycles. The highest BCUT2D eigenvalue weighted by Gasteiger charge is 2.33. The average molecular weight is 369 g/mol. The molecular weight excluding hydrogens is 359 g/mol. The lowest BCUT2D eigenvalue weighted by Crippen LogP contribution is -2.18. The Morgan fingerprint density at radius 3 is 2.68 bits per heavy atom. The fraction of sp³-hybridized carbons (Fsp3) is 0.133. The molecule has 130 valence electrons. The van der Waals surface area contributed by atoms with E-state index in [1.165, 1.54) is 24.5 Å². The number of carbonyl (C=O) groups is 1. The molecule has 0 spiro atoms. The second kappa shape index (κ2) is 7.01. The average Bonchev–Trinajstić information content (AvgIpc) is 3.24. The minimum atomic E-state index is -4.55. The van der Waals surface area contributed by atoms with E-state index in [2.05, 4.69) is 15.5 Å². The van der Waals surface area contributed by atoms with Crippen LogP contribution in [-0.2, 0) is 11.0 Å². The van der Waals surface area contributed by atoms with E-state index in [-0.39, 0.29) is 22.6 Å². The molecule has 3 aromatic rings. The number of carbonyl (C=O) groups excluding carboxylic acids is 1. The number of hydrogen-bond donors (Lipinski definition) is 1. The number of thioether (sulfide) groups is 1. The minimum absolute atomic E-state index is 0.102. The van der Waals surface area contributed by atoms with Crippen molar-refractivity contribution in [1.29, 1.82) is 0 Å². The van der Waals surface area contributed by atoms with Crippen molar-refractivity contribution in [2.24, 2.45) is 0 Å². The largest absolute Gasteiger partial charge is 0.459 e. The van der Waals surface area contributed by atoms with E-state index < -0.39 is 17.6 Å². The van der Waals surface area contributed by atoms with Crippen LogP contribution < -0.4 is 5.32 Å². The lowest BCUT2D eigenvalue weighted by atomic mass is 10.1. The SMILES string of the molecule is O=C(CSc1nnc(-c2ccco2)o1)Nc1ccccc1C(F)(F)F. The van der Waals surface area contributed by atoms with Gasteiger partial charge >= 0.3 is 6.18 Å². The summed E-state index contributed by atoms with van der Waals surface area (Å²) in [6, 6.07) is 8.03. The third-order valence-corrected chi connectivity index (χ3v) is 3.79. The van der Waals surface area contributed by atoms with Gasteiger partial charge < -0.3 is 14.2 Å². The van der Waals surface area contributed by atoms with Gasteiger partial charge in [0.25, 0.3) is 11.1 Å². The first kappa shape index (κ1) is 17.1. The number of para-hydroxylation sites is 1. The zero-order chi connectivity index (χ0) is 17.9. The summed E-state index contributed by atoms with van der Waals surface area (Å²) in [4.78, 5) is 11.9. The van der Waals surface area contributed by atoms with Crippen molar-refractivity contribution < 1.29 is 26.8 Å². The predicted octanol–water partition coefficient (Wildman–Crippen LogP) is 4.08. The van der Waals surface area contributed by atoms with Crippen LogP contribution in [0.4, 0.5) is 18.9 Å². The van der Waals surface area contributed by atoms with E-state index in [0.717, 1.165) is 17.8 Å². The molecule has 6 nitrogen and oxygen atoms in total. The van der Waals surface area contributed by atoms with E-state index in [0.29, 0.717) is 5.76 Å². The maximum Gasteiger partial charge on any atom is 0.418 e. The van der Waals surface area contributed by atoms with Crippen LogP contribution in [0.25, 0.3) is 11.7 Å². The first-order valence-corrected chi connectivity index (χ1v) is 7.88. The number of hydrogen-bond acceptors (Lipinski definition) is 6. The van der Waals surface area contributed by atoms with E-state index >= 15 is 0 Å². The number of halogens is 3. The van der Waals surface area contributed by atoms with E-state index in [9.17, 15) is 18.0 Å². The summed E-state index contributed by atoms with van der Waals surface area (Å²) in [5, 5.41) is 9.83. The fourth-order valence-corrected chi connectivity index (χ4v) is 2.48. The highest BCUT2D eigenvalue weighted by Crippen LogP contribution is 2.34. The molecule has 3 rings (SSSR count). The smallest absolute Gasteiger partial charge is 0.418 e. The van der Waals surface area contributed by atoms with Crippen molar-refractivity contribution in [3.8, 4) is 11.7 Å². The lowest BCUT2D eigenvalue weighted by Gasteiger charge is -2.13. The van der Waals surface area contributed by atoms with Gasteiger partial charge in [-0.3, -0.25) is 4.79 Å². The van der Waals surface area contributed by atoms with Crippen molar-refractivity contribution in [2.75, 3.05) is 11.1 Å². The molecule has 25 heavy (non-hydrogen) atoms. The Kier molecular flexibility index (Phi) is 4.79. The Morgan fingerprint density at radius 2 is 1.96 bits per heavy atom. The first-order chi connectivity index (χ1) is 11.9. The monoisotopic (exact) mass is 369 g/mol. The van der Waals surface area contributed by atoms with Crippen molar-refractivity contribution in [3.63, 3.8) is 0 Å². The molecule has 0 fully saturated rings. The Labute approximate surface area is 143 Å². The van der Waals surface area contributed by atoms with E-state index in [1.54, 1.807) is 12.1 Å². The third kappa shape index (κ3) is 4.21. The van der Waals surface area contributed by atoms with Gasteiger partial charge in [0.05, 0.1) is 23.3 Å². The van der Waals surface area contributed by atoms with E-state index in [1.807, 2.05) is 0 Å². The molecule has 10 heteroatoms. The summed E-state index contributed by atoms with van der Waals surface area (Å²) in [7, 11) is 0. The number of rotatable bonds is 5. The fourth-order valence-electron chi connectivity index (χ4n) is 1.92. The predicted molar refractivity (Wildman–Crippen MR) is 82.8 cm³/mol. The lowest BCUT2D eigenvalue weighted by molar-refractivity contribution is -0.137. The highest BCUT2D eigenvalue weighted by molar-refractivity contribution is 7.99. The van der Waals surface area contributed by atoms with Gasteiger partial charge in [-0.05, 0) is 24.3 Å². The summed E-state index contributed by atoms with van der Waals surface area (Å²) in [6.07, 6.45) is -3.11. The summed E-state index contributed by atoms with van der Waals surface area (Å²) >= 11 is 0.904. The molecule has 0 bridgehead atoms. The normalized spacial score (nSPS) is 11.5. The van der Waals surface area contributed by atoms with Crippen molar-refractivity contribution in [3.05, 3.63) is 48.2 Å². The summed E-state index contributed by atoms with van der Waals surface area (Å²) in [5.74, 6) is -0.288. The number of amides is 1. The molecule has 0 unspecified atom stereocenters. The van der Waals surface area contributed by atoms with Gasteiger partial charge in [-0.15, -0.1) is 10.2 Å². The second-order valence-electron chi connectivity index (χ2n) is 4.73. The molecule has 0 radical (unpaired) electrons. The molecule has 1 amide bonds. The van der Waals surface area contributed by atoms with Crippen LogP contribution in [0, 0.1) is 0 Å². The number of benzene rings is 1. The molecule has 2 aromatic heterocycles. The number of furan rings is 1. The number of nitrogens with one attached hydrogen (secondary N) is 1. The van der Waals surface area contributed by atoms with Gasteiger partial charge in [0.1, 0.15) is 0 Å². The second-order valence-corrected chi connectivity index (χ2v) is 5.66. The van der Waals surface area contributed by atoms with Crippen LogP contribution in [0.15, 0.2) is 56.7 Å². The standard InChI is InChI=1S/C15H10F3N3O3S/c16-15(17,18)9-4-1-2-5-10(9)19-12(22)8-25-14-21-20-13(24-14)11-6-3-7-23-11/h1-7H,8H2,(H,19,22). The zero-order valence-corrected chi connectivity index (χ0v) is 13.2. The van der Waals surface area contributed by atoms with E-state index in [4.69, 9.17) is 8.83 Å². The molecule has 0 aliphatic carbocycles. The molecule has 2 heterocycles. The maximum atomic E-state index is 12.9. The van der Waals surface area contributed by atoms with Gasteiger partial charge in [-0.25, -0.2) is 0 Å². The quantitative estimate of drug-likeness (QED) is 0.683. The molecule has 0 atom stereocenters. The van der Waals surface area contributed by atoms with Crippen LogP contribution in [0.1, 0.15) is 5.56 Å². The van der Waals surface area contributed by atoms with Gasteiger partial charge in [-0.2, -0.15) is 13.2 Å². The number of anilines is 1. The first-order valence-electron chi connectivity index (χ1n) is 6.90. The summed E-state index contributed by atoms with van der Waals surface area (Å²) in [6.45, 7) is 0. The van der Waals surface area contributed by atoms with Crippen LogP contribution in [-0.4, -0.2) is 21.9 Å². The molecule has 0 aliphatic heterocycles. The maximum absolute atomic E-state index is 12.9. The third-order valence-electron chi connectivity index (χ3n) is 2.97. The highest BCUT2D eigenvalue weighted by atomic mass is 32.2. The van der Waals surface area contributed by atoms with Gasteiger partial charge in [0.2, 0.25) is 5.91 Å².